The van der Waals surface area contributed by atoms with Crippen molar-refractivity contribution in [2.75, 3.05) is 5.32 Å². The lowest BCUT2D eigenvalue weighted by Crippen LogP contribution is -2.20. The van der Waals surface area contributed by atoms with Crippen LogP contribution in [0.15, 0.2) is 55.1 Å². The topological polar surface area (TPSA) is 90.6 Å². The first-order valence-corrected chi connectivity index (χ1v) is 10.9. The second kappa shape index (κ2) is 8.92. The van der Waals surface area contributed by atoms with Gasteiger partial charge in [-0.3, -0.25) is 0 Å². The van der Waals surface area contributed by atoms with Crippen molar-refractivity contribution >= 4 is 23.2 Å². The number of benzene rings is 2. The van der Waals surface area contributed by atoms with Gasteiger partial charge in [0.1, 0.15) is 18.2 Å². The van der Waals surface area contributed by atoms with Crippen LogP contribution in [-0.2, 0) is 19.4 Å². The van der Waals surface area contributed by atoms with Gasteiger partial charge in [-0.1, -0.05) is 29.8 Å². The van der Waals surface area contributed by atoms with Crippen molar-refractivity contribution in [2.45, 2.75) is 38.8 Å². The number of nitrogens with zero attached hydrogens (tertiary/aromatic N) is 6. The zero-order chi connectivity index (χ0) is 21.9. The van der Waals surface area contributed by atoms with Crippen LogP contribution in [0.1, 0.15) is 24.5 Å². The largest absolute Gasteiger partial charge is 0.487 e. The minimum absolute atomic E-state index is 0.165. The fourth-order valence-electron chi connectivity index (χ4n) is 3.95. The molecule has 2 heterocycles. The van der Waals surface area contributed by atoms with Crippen LogP contribution in [0.2, 0.25) is 5.02 Å². The summed E-state index contributed by atoms with van der Waals surface area (Å²) in [4.78, 5) is 9.03. The first-order chi connectivity index (χ1) is 15.7. The molecular formula is C23H22ClN7O. The average molecular weight is 448 g/mol. The predicted molar refractivity (Wildman–Crippen MR) is 122 cm³/mol. The van der Waals surface area contributed by atoms with E-state index in [-0.39, 0.29) is 6.10 Å². The fourth-order valence-corrected chi connectivity index (χ4v) is 4.12. The van der Waals surface area contributed by atoms with Crippen LogP contribution in [0.3, 0.4) is 0 Å². The average Bonchev–Trinajstić information content (AvgIpc) is 3.48. The molecule has 0 bridgehead atoms. The number of hydrogen-bond donors (Lipinski definition) is 1. The van der Waals surface area contributed by atoms with Crippen molar-refractivity contribution in [3.05, 3.63) is 71.3 Å². The van der Waals surface area contributed by atoms with Crippen molar-refractivity contribution < 1.29 is 4.74 Å². The molecule has 1 N–H and O–H groups in total. The third kappa shape index (κ3) is 4.40. The lowest BCUT2D eigenvalue weighted by atomic mass is 10.1. The normalized spacial score (nSPS) is 13.6. The van der Waals surface area contributed by atoms with E-state index in [1.54, 1.807) is 23.4 Å². The number of halogens is 1. The number of aromatic nitrogens is 6. The minimum atomic E-state index is -0.165. The van der Waals surface area contributed by atoms with Gasteiger partial charge in [0, 0.05) is 23.6 Å². The SMILES string of the molecule is C[C@@H](Cn1cnnn1)Oc1cc(-c2cnc(Nc3cccc4c3CCC4)nc2)ccc1Cl. The molecule has 1 atom stereocenters. The summed E-state index contributed by atoms with van der Waals surface area (Å²) >= 11 is 6.36. The quantitative estimate of drug-likeness (QED) is 0.446. The number of rotatable bonds is 7. The van der Waals surface area contributed by atoms with Crippen LogP contribution in [0.25, 0.3) is 11.1 Å². The molecule has 0 saturated heterocycles. The van der Waals surface area contributed by atoms with E-state index >= 15 is 0 Å². The van der Waals surface area contributed by atoms with Crippen molar-refractivity contribution in [3.63, 3.8) is 0 Å². The van der Waals surface area contributed by atoms with E-state index in [1.165, 1.54) is 17.5 Å². The van der Waals surface area contributed by atoms with E-state index in [1.807, 2.05) is 25.1 Å². The summed E-state index contributed by atoms with van der Waals surface area (Å²) in [5.41, 5.74) is 5.67. The van der Waals surface area contributed by atoms with Crippen molar-refractivity contribution in [2.24, 2.45) is 0 Å². The highest BCUT2D eigenvalue weighted by atomic mass is 35.5. The summed E-state index contributed by atoms with van der Waals surface area (Å²) in [6.07, 6.45) is 8.42. The molecule has 0 fully saturated rings. The molecule has 5 rings (SSSR count). The number of aryl methyl sites for hydroxylation is 1. The molecule has 0 spiro atoms. The van der Waals surface area contributed by atoms with E-state index in [0.717, 1.165) is 29.7 Å². The van der Waals surface area contributed by atoms with Gasteiger partial charge in [-0.25, -0.2) is 14.6 Å². The zero-order valence-electron chi connectivity index (χ0n) is 17.6. The highest BCUT2D eigenvalue weighted by Crippen LogP contribution is 2.32. The maximum Gasteiger partial charge on any atom is 0.227 e. The molecule has 162 valence electrons. The molecule has 9 heteroatoms. The van der Waals surface area contributed by atoms with Gasteiger partial charge in [0.25, 0.3) is 0 Å². The smallest absolute Gasteiger partial charge is 0.227 e. The molecule has 4 aromatic rings. The lowest BCUT2D eigenvalue weighted by molar-refractivity contribution is 0.193. The van der Waals surface area contributed by atoms with E-state index in [2.05, 4.69) is 49.0 Å². The maximum absolute atomic E-state index is 6.36. The van der Waals surface area contributed by atoms with E-state index in [9.17, 15) is 0 Å². The number of fused-ring (bicyclic) bond motifs is 1. The monoisotopic (exact) mass is 447 g/mol. The summed E-state index contributed by atoms with van der Waals surface area (Å²) in [6, 6.07) is 12.0. The van der Waals surface area contributed by atoms with Crippen LogP contribution in [0.4, 0.5) is 11.6 Å². The number of nitrogens with one attached hydrogen (secondary N) is 1. The molecule has 8 nitrogen and oxygen atoms in total. The summed E-state index contributed by atoms with van der Waals surface area (Å²) in [5, 5.41) is 15.0. The predicted octanol–water partition coefficient (Wildman–Crippen LogP) is 4.48. The Morgan fingerprint density at radius 3 is 2.81 bits per heavy atom. The van der Waals surface area contributed by atoms with Gasteiger partial charge in [0.05, 0.1) is 11.6 Å². The minimum Gasteiger partial charge on any atom is -0.487 e. The Labute approximate surface area is 190 Å². The Bertz CT molecular complexity index is 1210. The van der Waals surface area contributed by atoms with Crippen LogP contribution >= 0.6 is 11.6 Å². The van der Waals surface area contributed by atoms with Gasteiger partial charge >= 0.3 is 0 Å². The molecule has 0 aliphatic heterocycles. The van der Waals surface area contributed by atoms with E-state index in [4.69, 9.17) is 16.3 Å². The highest BCUT2D eigenvalue weighted by molar-refractivity contribution is 6.32. The van der Waals surface area contributed by atoms with Crippen molar-refractivity contribution in [1.82, 2.24) is 30.2 Å². The van der Waals surface area contributed by atoms with E-state index in [0.29, 0.717) is 23.3 Å². The molecular weight excluding hydrogens is 426 g/mol. The summed E-state index contributed by atoms with van der Waals surface area (Å²) in [7, 11) is 0. The molecule has 2 aromatic heterocycles. The molecule has 1 aliphatic rings. The second-order valence-electron chi connectivity index (χ2n) is 7.82. The number of ether oxygens (including phenoxy) is 1. The molecule has 2 aromatic carbocycles. The Kier molecular flexibility index (Phi) is 5.68. The van der Waals surface area contributed by atoms with Crippen LogP contribution < -0.4 is 10.1 Å². The standard InChI is InChI=1S/C23H22ClN7O/c1-15(13-31-14-27-29-30-31)32-22-10-17(8-9-20(22)24)18-11-25-23(26-12-18)28-21-7-3-5-16-4-2-6-19(16)21/h3,5,7-12,14-15H,2,4,6,13H2,1H3,(H,25,26,28)/t15-/m0/s1. The summed E-state index contributed by atoms with van der Waals surface area (Å²) < 4.78 is 7.64. The summed E-state index contributed by atoms with van der Waals surface area (Å²) in [5.74, 6) is 1.17. The van der Waals surface area contributed by atoms with Gasteiger partial charge in [-0.2, -0.15) is 0 Å². The van der Waals surface area contributed by atoms with Gasteiger partial charge in [0.2, 0.25) is 5.95 Å². The van der Waals surface area contributed by atoms with Gasteiger partial charge < -0.3 is 10.1 Å². The third-order valence-corrected chi connectivity index (χ3v) is 5.78. The Balaban J connectivity index is 1.31. The highest BCUT2D eigenvalue weighted by Gasteiger charge is 2.15. The molecule has 0 radical (unpaired) electrons. The molecule has 0 unspecified atom stereocenters. The summed E-state index contributed by atoms with van der Waals surface area (Å²) in [6.45, 7) is 2.45. The first-order valence-electron chi connectivity index (χ1n) is 10.5. The molecule has 1 aliphatic carbocycles. The Morgan fingerprint density at radius 1 is 1.12 bits per heavy atom. The molecule has 32 heavy (non-hydrogen) atoms. The zero-order valence-corrected chi connectivity index (χ0v) is 18.3. The van der Waals surface area contributed by atoms with Crippen LogP contribution in [0, 0.1) is 0 Å². The lowest BCUT2D eigenvalue weighted by Gasteiger charge is -2.16. The van der Waals surface area contributed by atoms with Crippen molar-refractivity contribution in [3.8, 4) is 16.9 Å². The Morgan fingerprint density at radius 2 is 2.00 bits per heavy atom. The van der Waals surface area contributed by atoms with E-state index < -0.39 is 0 Å². The number of anilines is 2. The number of tetrazole rings is 1. The third-order valence-electron chi connectivity index (χ3n) is 5.47. The first kappa shape index (κ1) is 20.4. The maximum atomic E-state index is 6.36. The van der Waals surface area contributed by atoms with Gasteiger partial charge in [0.15, 0.2) is 0 Å². The van der Waals surface area contributed by atoms with Crippen molar-refractivity contribution in [1.29, 1.82) is 0 Å². The van der Waals surface area contributed by atoms with Crippen LogP contribution in [-0.4, -0.2) is 36.3 Å². The fraction of sp³-hybridized carbons (Fsp3) is 0.261. The second-order valence-corrected chi connectivity index (χ2v) is 8.23. The van der Waals surface area contributed by atoms with Gasteiger partial charge in [-0.15, -0.1) is 5.10 Å². The molecule has 0 saturated carbocycles. The molecule has 0 amide bonds. The number of hydrogen-bond acceptors (Lipinski definition) is 7. The Hall–Kier alpha value is -3.52. The van der Waals surface area contributed by atoms with Gasteiger partial charge in [-0.05, 0) is 71.5 Å². The van der Waals surface area contributed by atoms with Crippen LogP contribution in [0.5, 0.6) is 5.75 Å².